The highest BCUT2D eigenvalue weighted by Crippen LogP contribution is 2.39. The van der Waals surface area contributed by atoms with E-state index in [1.807, 2.05) is 0 Å². The highest BCUT2D eigenvalue weighted by Gasteiger charge is 2.34. The van der Waals surface area contributed by atoms with Gasteiger partial charge >= 0.3 is 0 Å². The summed E-state index contributed by atoms with van der Waals surface area (Å²) in [6.07, 6.45) is 0.776. The predicted octanol–water partition coefficient (Wildman–Crippen LogP) is 1.08. The van der Waals surface area contributed by atoms with Crippen LogP contribution in [0.3, 0.4) is 0 Å². The van der Waals surface area contributed by atoms with Crippen molar-refractivity contribution in [2.75, 3.05) is 32.8 Å². The Kier molecular flexibility index (Phi) is 4.00. The fourth-order valence-corrected chi connectivity index (χ4v) is 4.63. The quantitative estimate of drug-likeness (QED) is 0.895. The number of sulfonamides is 1. The lowest BCUT2D eigenvalue weighted by Crippen LogP contribution is -2.30. The van der Waals surface area contributed by atoms with E-state index in [9.17, 15) is 8.42 Å². The van der Waals surface area contributed by atoms with Crippen molar-refractivity contribution in [2.45, 2.75) is 11.3 Å². The molecule has 1 aromatic carbocycles. The third kappa shape index (κ3) is 2.70. The van der Waals surface area contributed by atoms with Crippen molar-refractivity contribution < 1.29 is 17.9 Å². The predicted molar refractivity (Wildman–Crippen MR) is 78.4 cm³/mol. The molecule has 2 heterocycles. The van der Waals surface area contributed by atoms with E-state index >= 15 is 0 Å². The van der Waals surface area contributed by atoms with Crippen LogP contribution in [0.25, 0.3) is 0 Å². The van der Waals surface area contributed by atoms with Crippen LogP contribution in [-0.4, -0.2) is 45.6 Å². The normalized spacial score (nSPS) is 22.5. The van der Waals surface area contributed by atoms with Gasteiger partial charge in [-0.1, -0.05) is 11.6 Å². The molecule has 0 aliphatic carbocycles. The van der Waals surface area contributed by atoms with Gasteiger partial charge in [0.25, 0.3) is 0 Å². The van der Waals surface area contributed by atoms with Gasteiger partial charge in [0, 0.05) is 25.2 Å². The second-order valence-electron chi connectivity index (χ2n) is 5.18. The summed E-state index contributed by atoms with van der Waals surface area (Å²) in [6, 6.07) is 2.95. The summed E-state index contributed by atoms with van der Waals surface area (Å²) >= 11 is 6.13. The smallest absolute Gasteiger partial charge is 0.244 e. The van der Waals surface area contributed by atoms with Gasteiger partial charge in [0.05, 0.1) is 5.02 Å². The van der Waals surface area contributed by atoms with Crippen LogP contribution in [0.15, 0.2) is 17.0 Å². The van der Waals surface area contributed by atoms with E-state index in [4.69, 9.17) is 26.8 Å². The minimum atomic E-state index is -3.64. The Bertz CT molecular complexity index is 650. The largest absolute Gasteiger partial charge is 0.486 e. The van der Waals surface area contributed by atoms with Gasteiger partial charge in [-0.15, -0.1) is 0 Å². The Morgan fingerprint density at radius 1 is 1.29 bits per heavy atom. The SMILES string of the molecule is NCC1CCN(S(=O)(=O)c2cc3c(cc2Cl)OCCO3)C1. The first-order valence-electron chi connectivity index (χ1n) is 6.81. The van der Waals surface area contributed by atoms with Gasteiger partial charge in [-0.05, 0) is 18.9 Å². The third-order valence-electron chi connectivity index (χ3n) is 3.80. The topological polar surface area (TPSA) is 81.9 Å². The number of nitrogens with two attached hydrogens (primary N) is 1. The average molecular weight is 333 g/mol. The molecule has 0 bridgehead atoms. The van der Waals surface area contributed by atoms with E-state index < -0.39 is 10.0 Å². The van der Waals surface area contributed by atoms with Crippen molar-refractivity contribution in [3.8, 4) is 11.5 Å². The number of ether oxygens (including phenoxy) is 2. The molecule has 0 aromatic heterocycles. The van der Waals surface area contributed by atoms with Crippen LogP contribution in [0.2, 0.25) is 5.02 Å². The Hall–Kier alpha value is -1.02. The van der Waals surface area contributed by atoms with E-state index in [-0.39, 0.29) is 15.8 Å². The number of fused-ring (bicyclic) bond motifs is 1. The van der Waals surface area contributed by atoms with Crippen LogP contribution < -0.4 is 15.2 Å². The van der Waals surface area contributed by atoms with E-state index in [0.29, 0.717) is 44.3 Å². The van der Waals surface area contributed by atoms with Crippen molar-refractivity contribution in [3.63, 3.8) is 0 Å². The Morgan fingerprint density at radius 2 is 1.95 bits per heavy atom. The van der Waals surface area contributed by atoms with Gasteiger partial charge in [-0.3, -0.25) is 0 Å². The van der Waals surface area contributed by atoms with Gasteiger partial charge in [-0.25, -0.2) is 8.42 Å². The van der Waals surface area contributed by atoms with Crippen molar-refractivity contribution in [2.24, 2.45) is 11.7 Å². The van der Waals surface area contributed by atoms with E-state index in [1.165, 1.54) is 16.4 Å². The summed E-state index contributed by atoms with van der Waals surface area (Å²) in [6.45, 7) is 2.21. The maximum Gasteiger partial charge on any atom is 0.244 e. The van der Waals surface area contributed by atoms with Gasteiger partial charge in [0.1, 0.15) is 18.1 Å². The van der Waals surface area contributed by atoms with Gasteiger partial charge in [-0.2, -0.15) is 4.31 Å². The Balaban J connectivity index is 1.95. The highest BCUT2D eigenvalue weighted by atomic mass is 35.5. The van der Waals surface area contributed by atoms with Crippen LogP contribution in [0.5, 0.6) is 11.5 Å². The molecule has 1 unspecified atom stereocenters. The Labute approximate surface area is 128 Å². The van der Waals surface area contributed by atoms with Crippen LogP contribution in [0.4, 0.5) is 0 Å². The zero-order valence-corrected chi connectivity index (χ0v) is 13.0. The lowest BCUT2D eigenvalue weighted by atomic mass is 10.1. The molecule has 1 fully saturated rings. The number of hydrogen-bond donors (Lipinski definition) is 1. The summed E-state index contributed by atoms with van der Waals surface area (Å²) in [5.74, 6) is 1.10. The summed E-state index contributed by atoms with van der Waals surface area (Å²) in [5, 5.41) is 0.149. The molecule has 116 valence electrons. The number of halogens is 1. The van der Waals surface area contributed by atoms with Gasteiger partial charge in [0.2, 0.25) is 10.0 Å². The molecule has 1 saturated heterocycles. The van der Waals surface area contributed by atoms with Crippen molar-refractivity contribution in [1.29, 1.82) is 0 Å². The third-order valence-corrected chi connectivity index (χ3v) is 6.13. The van der Waals surface area contributed by atoms with Crippen LogP contribution >= 0.6 is 11.6 Å². The monoisotopic (exact) mass is 332 g/mol. The summed E-state index contributed by atoms with van der Waals surface area (Å²) < 4.78 is 37.7. The molecule has 8 heteroatoms. The molecule has 2 aliphatic heterocycles. The standard InChI is InChI=1S/C13H17ClN2O4S/c14-10-5-11-12(20-4-3-19-11)6-13(10)21(17,18)16-2-1-9(7-15)8-16/h5-6,9H,1-4,7-8,15H2. The summed E-state index contributed by atoms with van der Waals surface area (Å²) in [4.78, 5) is 0.0612. The van der Waals surface area contributed by atoms with Gasteiger partial charge < -0.3 is 15.2 Å². The van der Waals surface area contributed by atoms with Crippen LogP contribution in [0, 0.1) is 5.92 Å². The summed E-state index contributed by atoms with van der Waals surface area (Å²) in [7, 11) is -3.64. The van der Waals surface area contributed by atoms with Crippen LogP contribution in [0.1, 0.15) is 6.42 Å². The fourth-order valence-electron chi connectivity index (χ4n) is 2.59. The minimum Gasteiger partial charge on any atom is -0.486 e. The molecule has 0 saturated carbocycles. The molecule has 0 amide bonds. The lowest BCUT2D eigenvalue weighted by molar-refractivity contribution is 0.171. The average Bonchev–Trinajstić information content (AvgIpc) is 2.96. The molecule has 0 radical (unpaired) electrons. The number of rotatable bonds is 3. The number of hydrogen-bond acceptors (Lipinski definition) is 5. The summed E-state index contributed by atoms with van der Waals surface area (Å²) in [5.41, 5.74) is 5.61. The Morgan fingerprint density at radius 3 is 2.57 bits per heavy atom. The molecule has 0 spiro atoms. The number of benzene rings is 1. The second-order valence-corrected chi connectivity index (χ2v) is 7.49. The first-order chi connectivity index (χ1) is 10.0. The molecule has 1 atom stereocenters. The molecule has 1 aromatic rings. The molecular weight excluding hydrogens is 316 g/mol. The molecule has 2 N–H and O–H groups in total. The number of nitrogens with zero attached hydrogens (tertiary/aromatic N) is 1. The zero-order chi connectivity index (χ0) is 15.0. The zero-order valence-electron chi connectivity index (χ0n) is 11.4. The maximum absolute atomic E-state index is 12.7. The first kappa shape index (κ1) is 14.9. The molecular formula is C13H17ClN2O4S. The minimum absolute atomic E-state index is 0.0612. The highest BCUT2D eigenvalue weighted by molar-refractivity contribution is 7.89. The molecule has 2 aliphatic rings. The van der Waals surface area contributed by atoms with E-state index in [0.717, 1.165) is 6.42 Å². The van der Waals surface area contributed by atoms with Crippen molar-refractivity contribution in [3.05, 3.63) is 17.2 Å². The van der Waals surface area contributed by atoms with E-state index in [2.05, 4.69) is 0 Å². The van der Waals surface area contributed by atoms with Crippen molar-refractivity contribution in [1.82, 2.24) is 4.31 Å². The second kappa shape index (κ2) is 5.64. The van der Waals surface area contributed by atoms with Crippen molar-refractivity contribution >= 4 is 21.6 Å². The molecule has 3 rings (SSSR count). The van der Waals surface area contributed by atoms with Gasteiger partial charge in [0.15, 0.2) is 11.5 Å². The molecule has 6 nitrogen and oxygen atoms in total. The van der Waals surface area contributed by atoms with E-state index in [1.54, 1.807) is 0 Å². The maximum atomic E-state index is 12.7. The molecule has 21 heavy (non-hydrogen) atoms. The lowest BCUT2D eigenvalue weighted by Gasteiger charge is -2.22. The van der Waals surface area contributed by atoms with Crippen LogP contribution in [-0.2, 0) is 10.0 Å². The fraction of sp³-hybridized carbons (Fsp3) is 0.538. The first-order valence-corrected chi connectivity index (χ1v) is 8.63.